The van der Waals surface area contributed by atoms with Gasteiger partial charge in [-0.05, 0) is 38.8 Å². The van der Waals surface area contributed by atoms with Crippen LogP contribution in [0.1, 0.15) is 26.7 Å². The van der Waals surface area contributed by atoms with Gasteiger partial charge in [0.05, 0.1) is 13.2 Å². The van der Waals surface area contributed by atoms with Crippen LogP contribution in [0.4, 0.5) is 4.39 Å². The summed E-state index contributed by atoms with van der Waals surface area (Å²) in [7, 11) is 1.74. The predicted octanol–water partition coefficient (Wildman–Crippen LogP) is 2.26. The Labute approximate surface area is 162 Å². The summed E-state index contributed by atoms with van der Waals surface area (Å²) >= 11 is 0. The highest BCUT2D eigenvalue weighted by Crippen LogP contribution is 2.17. The van der Waals surface area contributed by atoms with Crippen molar-refractivity contribution < 1.29 is 13.9 Å². The van der Waals surface area contributed by atoms with E-state index in [1.54, 1.807) is 25.3 Å². The normalized spacial score (nSPS) is 17.6. The van der Waals surface area contributed by atoms with E-state index in [4.69, 9.17) is 9.47 Å². The van der Waals surface area contributed by atoms with Crippen molar-refractivity contribution in [2.75, 3.05) is 46.4 Å². The zero-order valence-corrected chi connectivity index (χ0v) is 16.7. The maximum atomic E-state index is 13.7. The molecule has 1 saturated heterocycles. The number of hydrogen-bond acceptors (Lipinski definition) is 4. The highest BCUT2D eigenvalue weighted by Gasteiger charge is 2.19. The quantitative estimate of drug-likeness (QED) is 0.508. The van der Waals surface area contributed by atoms with Gasteiger partial charge < -0.3 is 25.0 Å². The van der Waals surface area contributed by atoms with Gasteiger partial charge in [0.1, 0.15) is 6.10 Å². The number of likely N-dealkylation sites (tertiary alicyclic amines) is 1. The van der Waals surface area contributed by atoms with Crippen LogP contribution >= 0.6 is 0 Å². The van der Waals surface area contributed by atoms with Crippen molar-refractivity contribution >= 4 is 5.96 Å². The Balaban J connectivity index is 1.81. The molecular weight excluding hydrogens is 347 g/mol. The smallest absolute Gasteiger partial charge is 0.191 e. The minimum absolute atomic E-state index is 0.215. The van der Waals surface area contributed by atoms with Gasteiger partial charge in [-0.2, -0.15) is 0 Å². The third-order valence-corrected chi connectivity index (χ3v) is 4.56. The molecule has 152 valence electrons. The number of ether oxygens (including phenoxy) is 2. The first kappa shape index (κ1) is 21.4. The average Bonchev–Trinajstić information content (AvgIpc) is 2.67. The van der Waals surface area contributed by atoms with Crippen LogP contribution in [-0.4, -0.2) is 69.4 Å². The van der Waals surface area contributed by atoms with Crippen molar-refractivity contribution in [3.63, 3.8) is 0 Å². The molecule has 1 atom stereocenters. The van der Waals surface area contributed by atoms with Crippen LogP contribution in [0, 0.1) is 5.82 Å². The molecule has 0 spiro atoms. The molecule has 1 heterocycles. The lowest BCUT2D eigenvalue weighted by molar-refractivity contribution is 0.128. The first-order chi connectivity index (χ1) is 13.1. The van der Waals surface area contributed by atoms with Gasteiger partial charge in [-0.15, -0.1) is 0 Å². The molecule has 2 N–H and O–H groups in total. The van der Waals surface area contributed by atoms with E-state index in [-0.39, 0.29) is 17.7 Å². The lowest BCUT2D eigenvalue weighted by Gasteiger charge is -2.32. The number of para-hydroxylation sites is 1. The van der Waals surface area contributed by atoms with Crippen LogP contribution in [0.3, 0.4) is 0 Å². The number of nitrogens with one attached hydrogen (secondary N) is 2. The fourth-order valence-corrected chi connectivity index (χ4v) is 3.05. The summed E-state index contributed by atoms with van der Waals surface area (Å²) in [5, 5.41) is 6.80. The van der Waals surface area contributed by atoms with E-state index >= 15 is 0 Å². The van der Waals surface area contributed by atoms with Gasteiger partial charge in [0, 0.05) is 39.3 Å². The lowest BCUT2D eigenvalue weighted by Crippen LogP contribution is -2.49. The highest BCUT2D eigenvalue weighted by atomic mass is 19.1. The van der Waals surface area contributed by atoms with Gasteiger partial charge in [0.15, 0.2) is 17.5 Å². The number of guanidine groups is 1. The molecule has 6 nitrogen and oxygen atoms in total. The van der Waals surface area contributed by atoms with Gasteiger partial charge in [-0.3, -0.25) is 0 Å². The van der Waals surface area contributed by atoms with Crippen molar-refractivity contribution in [3.05, 3.63) is 30.1 Å². The summed E-state index contributed by atoms with van der Waals surface area (Å²) in [6.07, 6.45) is 1.94. The van der Waals surface area contributed by atoms with Crippen LogP contribution in [-0.2, 0) is 4.74 Å². The monoisotopic (exact) mass is 380 g/mol. The van der Waals surface area contributed by atoms with Crippen LogP contribution in [0.25, 0.3) is 0 Å². The molecule has 1 unspecified atom stereocenters. The first-order valence-corrected chi connectivity index (χ1v) is 9.79. The Morgan fingerprint density at radius 3 is 2.74 bits per heavy atom. The van der Waals surface area contributed by atoms with Crippen molar-refractivity contribution in [2.24, 2.45) is 4.99 Å². The largest absolute Gasteiger partial charge is 0.486 e. The summed E-state index contributed by atoms with van der Waals surface area (Å²) in [5.74, 6) is 0.706. The Morgan fingerprint density at radius 2 is 2.07 bits per heavy atom. The van der Waals surface area contributed by atoms with Crippen LogP contribution in [0.5, 0.6) is 5.75 Å². The Hall–Kier alpha value is -1.86. The summed E-state index contributed by atoms with van der Waals surface area (Å²) in [6, 6.07) is 6.86. The molecule has 27 heavy (non-hydrogen) atoms. The SMILES string of the molecule is CCNC(=NCC(C)Oc1ccccc1F)NC1CCN(CCOC)CC1. The van der Waals surface area contributed by atoms with Crippen molar-refractivity contribution in [2.45, 2.75) is 38.8 Å². The third-order valence-electron chi connectivity index (χ3n) is 4.56. The second kappa shape index (κ2) is 11.8. The van der Waals surface area contributed by atoms with Crippen molar-refractivity contribution in [3.8, 4) is 5.75 Å². The maximum absolute atomic E-state index is 13.7. The summed E-state index contributed by atoms with van der Waals surface area (Å²) < 4.78 is 24.5. The zero-order chi connectivity index (χ0) is 19.5. The Bertz CT molecular complexity index is 577. The average molecular weight is 381 g/mol. The van der Waals surface area contributed by atoms with Crippen LogP contribution in [0.2, 0.25) is 0 Å². The number of rotatable bonds is 9. The molecule has 1 aromatic carbocycles. The van der Waals surface area contributed by atoms with Gasteiger partial charge in [0.2, 0.25) is 0 Å². The Morgan fingerprint density at radius 1 is 1.33 bits per heavy atom. The van der Waals surface area contributed by atoms with E-state index in [0.717, 1.165) is 51.6 Å². The van der Waals surface area contributed by atoms with Crippen LogP contribution in [0.15, 0.2) is 29.3 Å². The molecule has 0 aromatic heterocycles. The standard InChI is InChI=1S/C20H33FN4O2/c1-4-22-20(24-17-9-11-25(12-10-17)13-14-26-3)23-15-16(2)27-19-8-6-5-7-18(19)21/h5-8,16-17H,4,9-15H2,1-3H3,(H2,22,23,24). The summed E-state index contributed by atoms with van der Waals surface area (Å²) in [5.41, 5.74) is 0. The van der Waals surface area contributed by atoms with E-state index in [2.05, 4.69) is 20.5 Å². The number of piperidine rings is 1. The molecule has 1 fully saturated rings. The molecule has 0 bridgehead atoms. The topological polar surface area (TPSA) is 58.1 Å². The molecule has 1 aromatic rings. The number of aliphatic imine (C=N–C) groups is 1. The summed E-state index contributed by atoms with van der Waals surface area (Å²) in [6.45, 7) is 9.08. The third kappa shape index (κ3) is 7.72. The number of nitrogens with zero attached hydrogens (tertiary/aromatic N) is 2. The molecule has 0 amide bonds. The van der Waals surface area contributed by atoms with Crippen molar-refractivity contribution in [1.29, 1.82) is 0 Å². The minimum Gasteiger partial charge on any atom is -0.486 e. The fourth-order valence-electron chi connectivity index (χ4n) is 3.05. The van der Waals surface area contributed by atoms with E-state index in [1.807, 2.05) is 13.8 Å². The number of hydrogen-bond donors (Lipinski definition) is 2. The predicted molar refractivity (Wildman–Crippen MR) is 107 cm³/mol. The van der Waals surface area contributed by atoms with E-state index in [9.17, 15) is 4.39 Å². The molecule has 7 heteroatoms. The minimum atomic E-state index is -0.349. The second-order valence-corrected chi connectivity index (χ2v) is 6.83. The van der Waals surface area contributed by atoms with Gasteiger partial charge in [-0.1, -0.05) is 12.1 Å². The summed E-state index contributed by atoms with van der Waals surface area (Å²) in [4.78, 5) is 7.04. The van der Waals surface area contributed by atoms with E-state index in [0.29, 0.717) is 12.6 Å². The molecule has 1 aliphatic heterocycles. The molecule has 0 saturated carbocycles. The zero-order valence-electron chi connectivity index (χ0n) is 16.7. The number of benzene rings is 1. The molecule has 1 aliphatic rings. The lowest BCUT2D eigenvalue weighted by atomic mass is 10.1. The molecule has 0 aliphatic carbocycles. The Kier molecular flexibility index (Phi) is 9.35. The van der Waals surface area contributed by atoms with Crippen molar-refractivity contribution in [1.82, 2.24) is 15.5 Å². The number of methoxy groups -OCH3 is 1. The molecule has 0 radical (unpaired) electrons. The molecular formula is C20H33FN4O2. The van der Waals surface area contributed by atoms with Crippen LogP contribution < -0.4 is 15.4 Å². The maximum Gasteiger partial charge on any atom is 0.191 e. The van der Waals surface area contributed by atoms with Gasteiger partial charge in [-0.25, -0.2) is 9.38 Å². The van der Waals surface area contributed by atoms with E-state index < -0.39 is 0 Å². The number of halogens is 1. The van der Waals surface area contributed by atoms with E-state index in [1.165, 1.54) is 6.07 Å². The van der Waals surface area contributed by atoms with Gasteiger partial charge >= 0.3 is 0 Å². The first-order valence-electron chi connectivity index (χ1n) is 9.79. The van der Waals surface area contributed by atoms with Gasteiger partial charge in [0.25, 0.3) is 0 Å². The second-order valence-electron chi connectivity index (χ2n) is 6.83. The fraction of sp³-hybridized carbons (Fsp3) is 0.650. The molecule has 2 rings (SSSR count). The highest BCUT2D eigenvalue weighted by molar-refractivity contribution is 5.80.